The first kappa shape index (κ1) is 14.6. The highest BCUT2D eigenvalue weighted by Gasteiger charge is 2.35. The lowest BCUT2D eigenvalue weighted by Gasteiger charge is -2.22. The van der Waals surface area contributed by atoms with Gasteiger partial charge in [-0.3, -0.25) is 0 Å². The Labute approximate surface area is 124 Å². The first-order valence-electron chi connectivity index (χ1n) is 7.15. The van der Waals surface area contributed by atoms with E-state index in [1.807, 2.05) is 0 Å². The Morgan fingerprint density at radius 3 is 2.71 bits per heavy atom. The van der Waals surface area contributed by atoms with Crippen LogP contribution in [0.4, 0.5) is 0 Å². The van der Waals surface area contributed by atoms with Crippen LogP contribution in [-0.2, 0) is 10.0 Å². The van der Waals surface area contributed by atoms with Gasteiger partial charge >= 0.3 is 0 Å². The fraction of sp³-hybridized carbons (Fsp3) is 0.571. The molecular formula is C14H19NO5S. The van der Waals surface area contributed by atoms with Crippen molar-refractivity contribution in [3.8, 4) is 11.5 Å². The average molecular weight is 313 g/mol. The van der Waals surface area contributed by atoms with Crippen molar-refractivity contribution >= 4 is 10.0 Å². The summed E-state index contributed by atoms with van der Waals surface area (Å²) in [6, 6.07) is 4.36. The van der Waals surface area contributed by atoms with E-state index >= 15 is 0 Å². The topological polar surface area (TPSA) is 76.1 Å². The van der Waals surface area contributed by atoms with Crippen LogP contribution in [0, 0.1) is 0 Å². The SMILES string of the molecule is O=S(=O)(c1ccc2c(c1)OCCCO2)N1CCC[C@@H]1CO. The molecular weight excluding hydrogens is 294 g/mol. The molecule has 1 N–H and O–H groups in total. The zero-order valence-corrected chi connectivity index (χ0v) is 12.5. The highest BCUT2D eigenvalue weighted by molar-refractivity contribution is 7.89. The number of rotatable bonds is 3. The van der Waals surface area contributed by atoms with Gasteiger partial charge in [0.2, 0.25) is 10.0 Å². The van der Waals surface area contributed by atoms with Gasteiger partial charge < -0.3 is 14.6 Å². The molecule has 0 spiro atoms. The summed E-state index contributed by atoms with van der Waals surface area (Å²) in [6.07, 6.45) is 2.24. The van der Waals surface area contributed by atoms with E-state index in [9.17, 15) is 13.5 Å². The van der Waals surface area contributed by atoms with E-state index in [4.69, 9.17) is 9.47 Å². The number of sulfonamides is 1. The minimum Gasteiger partial charge on any atom is -0.490 e. The van der Waals surface area contributed by atoms with Crippen LogP contribution in [-0.4, -0.2) is 50.2 Å². The molecule has 3 rings (SSSR count). The van der Waals surface area contributed by atoms with Crippen LogP contribution in [0.25, 0.3) is 0 Å². The number of fused-ring (bicyclic) bond motifs is 1. The summed E-state index contributed by atoms with van der Waals surface area (Å²) < 4.78 is 37.8. The summed E-state index contributed by atoms with van der Waals surface area (Å²) in [7, 11) is -3.61. The molecule has 0 amide bonds. The molecule has 2 aliphatic heterocycles. The molecule has 0 aliphatic carbocycles. The summed E-state index contributed by atoms with van der Waals surface area (Å²) in [5.41, 5.74) is 0. The Morgan fingerprint density at radius 1 is 1.19 bits per heavy atom. The molecule has 1 fully saturated rings. The molecule has 6 nitrogen and oxygen atoms in total. The number of hydrogen-bond acceptors (Lipinski definition) is 5. The summed E-state index contributed by atoms with van der Waals surface area (Å²) in [6.45, 7) is 1.38. The van der Waals surface area contributed by atoms with Crippen molar-refractivity contribution in [2.45, 2.75) is 30.2 Å². The van der Waals surface area contributed by atoms with E-state index < -0.39 is 10.0 Å². The average Bonchev–Trinajstić information content (AvgIpc) is 2.85. The minimum atomic E-state index is -3.61. The first-order valence-corrected chi connectivity index (χ1v) is 8.59. The summed E-state index contributed by atoms with van der Waals surface area (Å²) in [4.78, 5) is 0.187. The van der Waals surface area contributed by atoms with E-state index in [0.29, 0.717) is 37.7 Å². The van der Waals surface area contributed by atoms with Gasteiger partial charge in [-0.2, -0.15) is 4.31 Å². The van der Waals surface area contributed by atoms with Crippen molar-refractivity contribution in [3.63, 3.8) is 0 Å². The third kappa shape index (κ3) is 2.73. The second-order valence-corrected chi connectivity index (χ2v) is 7.14. The van der Waals surface area contributed by atoms with Crippen molar-refractivity contribution in [2.75, 3.05) is 26.4 Å². The van der Waals surface area contributed by atoms with Gasteiger partial charge in [-0.15, -0.1) is 0 Å². The van der Waals surface area contributed by atoms with Crippen LogP contribution in [0.15, 0.2) is 23.1 Å². The van der Waals surface area contributed by atoms with Crippen LogP contribution >= 0.6 is 0 Å². The van der Waals surface area contributed by atoms with Crippen LogP contribution in [0.2, 0.25) is 0 Å². The van der Waals surface area contributed by atoms with E-state index in [1.54, 1.807) is 6.07 Å². The second-order valence-electron chi connectivity index (χ2n) is 5.25. The maximum Gasteiger partial charge on any atom is 0.243 e. The monoisotopic (exact) mass is 313 g/mol. The summed E-state index contributed by atoms with van der Waals surface area (Å²) in [5, 5.41) is 9.33. The molecule has 0 aromatic heterocycles. The Bertz CT molecular complexity index is 616. The third-order valence-corrected chi connectivity index (χ3v) is 5.81. The lowest BCUT2D eigenvalue weighted by atomic mass is 10.2. The van der Waals surface area contributed by atoms with Gasteiger partial charge in [-0.1, -0.05) is 0 Å². The highest BCUT2D eigenvalue weighted by atomic mass is 32.2. The van der Waals surface area contributed by atoms with E-state index in [1.165, 1.54) is 16.4 Å². The lowest BCUT2D eigenvalue weighted by Crippen LogP contribution is -2.37. The van der Waals surface area contributed by atoms with Crippen molar-refractivity contribution in [3.05, 3.63) is 18.2 Å². The molecule has 1 atom stereocenters. The molecule has 1 saturated heterocycles. The van der Waals surface area contributed by atoms with E-state index in [-0.39, 0.29) is 17.5 Å². The number of aliphatic hydroxyl groups excluding tert-OH is 1. The maximum absolute atomic E-state index is 12.7. The van der Waals surface area contributed by atoms with Crippen LogP contribution in [0.1, 0.15) is 19.3 Å². The molecule has 2 aliphatic rings. The van der Waals surface area contributed by atoms with Gasteiger partial charge in [0, 0.05) is 25.1 Å². The number of nitrogens with zero attached hydrogens (tertiary/aromatic N) is 1. The zero-order valence-electron chi connectivity index (χ0n) is 11.7. The molecule has 0 unspecified atom stereocenters. The Balaban J connectivity index is 1.94. The Morgan fingerprint density at radius 2 is 1.95 bits per heavy atom. The molecule has 21 heavy (non-hydrogen) atoms. The van der Waals surface area contributed by atoms with Gasteiger partial charge in [0.25, 0.3) is 0 Å². The van der Waals surface area contributed by atoms with Crippen molar-refractivity contribution in [2.24, 2.45) is 0 Å². The van der Waals surface area contributed by atoms with Crippen molar-refractivity contribution in [1.29, 1.82) is 0 Å². The van der Waals surface area contributed by atoms with E-state index in [2.05, 4.69) is 0 Å². The highest BCUT2D eigenvalue weighted by Crippen LogP contribution is 2.34. The second kappa shape index (κ2) is 5.82. The van der Waals surface area contributed by atoms with Gasteiger partial charge in [-0.25, -0.2) is 8.42 Å². The summed E-state index contributed by atoms with van der Waals surface area (Å²) in [5.74, 6) is 1.04. The molecule has 0 saturated carbocycles. The molecule has 7 heteroatoms. The van der Waals surface area contributed by atoms with Gasteiger partial charge in [0.1, 0.15) is 0 Å². The molecule has 1 aromatic carbocycles. The van der Waals surface area contributed by atoms with Crippen molar-refractivity contribution in [1.82, 2.24) is 4.31 Å². The number of hydrogen-bond donors (Lipinski definition) is 1. The number of ether oxygens (including phenoxy) is 2. The molecule has 0 radical (unpaired) electrons. The van der Waals surface area contributed by atoms with Gasteiger partial charge in [0.15, 0.2) is 11.5 Å². The Hall–Kier alpha value is -1.31. The molecule has 0 bridgehead atoms. The normalized spacial score (nSPS) is 23.0. The van der Waals surface area contributed by atoms with E-state index in [0.717, 1.165) is 12.8 Å². The van der Waals surface area contributed by atoms with Gasteiger partial charge in [0.05, 0.1) is 24.7 Å². The van der Waals surface area contributed by atoms with Crippen LogP contribution in [0.3, 0.4) is 0 Å². The summed E-state index contributed by atoms with van der Waals surface area (Å²) >= 11 is 0. The molecule has 2 heterocycles. The quantitative estimate of drug-likeness (QED) is 0.901. The van der Waals surface area contributed by atoms with Crippen molar-refractivity contribution < 1.29 is 23.0 Å². The third-order valence-electron chi connectivity index (χ3n) is 3.86. The smallest absolute Gasteiger partial charge is 0.243 e. The lowest BCUT2D eigenvalue weighted by molar-refractivity contribution is 0.213. The Kier molecular flexibility index (Phi) is 4.05. The minimum absolute atomic E-state index is 0.149. The fourth-order valence-corrected chi connectivity index (χ4v) is 4.45. The zero-order chi connectivity index (χ0) is 14.9. The fourth-order valence-electron chi connectivity index (χ4n) is 2.75. The largest absolute Gasteiger partial charge is 0.490 e. The molecule has 116 valence electrons. The van der Waals surface area contributed by atoms with Crippen LogP contribution < -0.4 is 9.47 Å². The number of aliphatic hydroxyl groups is 1. The standard InChI is InChI=1S/C14H19NO5S/c16-10-11-3-1-6-15(11)21(17,18)12-4-5-13-14(9-12)20-8-2-7-19-13/h4-5,9,11,16H,1-3,6-8,10H2/t11-/m1/s1. The first-order chi connectivity index (χ1) is 10.1. The van der Waals surface area contributed by atoms with Crippen LogP contribution in [0.5, 0.6) is 11.5 Å². The predicted octanol–water partition coefficient (Wildman–Crippen LogP) is 0.993. The predicted molar refractivity (Wildman–Crippen MR) is 76.0 cm³/mol. The van der Waals surface area contributed by atoms with Gasteiger partial charge in [-0.05, 0) is 25.0 Å². The number of benzene rings is 1. The molecule has 1 aromatic rings. The maximum atomic E-state index is 12.7.